The lowest BCUT2D eigenvalue weighted by molar-refractivity contribution is -0.113. The van der Waals surface area contributed by atoms with Crippen molar-refractivity contribution in [3.63, 3.8) is 0 Å². The maximum absolute atomic E-state index is 13.5. The molecule has 30 heavy (non-hydrogen) atoms. The van der Waals surface area contributed by atoms with Crippen LogP contribution in [0.15, 0.2) is 90.1 Å². The van der Waals surface area contributed by atoms with Crippen LogP contribution in [0, 0.1) is 0 Å². The smallest absolute Gasteiger partial charge is 0.255 e. The normalized spacial score (nSPS) is 15.6. The van der Waals surface area contributed by atoms with Crippen LogP contribution in [0.3, 0.4) is 0 Å². The second-order valence-electron chi connectivity index (χ2n) is 7.20. The molecule has 1 aliphatic rings. The van der Waals surface area contributed by atoms with E-state index in [1.165, 1.54) is 0 Å². The highest BCUT2D eigenvalue weighted by molar-refractivity contribution is 6.33. The summed E-state index contributed by atoms with van der Waals surface area (Å²) in [6.45, 7) is 1.90. The molecule has 1 aliphatic heterocycles. The number of hydrogen-bond acceptors (Lipinski definition) is 3. The number of aromatic nitrogens is 2. The van der Waals surface area contributed by atoms with Gasteiger partial charge < -0.3 is 10.6 Å². The van der Waals surface area contributed by atoms with Crippen LogP contribution < -0.4 is 10.6 Å². The molecular weight excluding hydrogens is 396 g/mol. The maximum Gasteiger partial charge on any atom is 0.255 e. The van der Waals surface area contributed by atoms with E-state index >= 15 is 0 Å². The third-order valence-electron chi connectivity index (χ3n) is 5.31. The molecule has 0 bridgehead atoms. The number of hydrogen-bond donors (Lipinski definition) is 2. The van der Waals surface area contributed by atoms with Crippen LogP contribution in [0.5, 0.6) is 0 Å². The number of nitrogens with zero attached hydrogens (tertiary/aromatic N) is 2. The van der Waals surface area contributed by atoms with E-state index in [1.54, 1.807) is 12.1 Å². The van der Waals surface area contributed by atoms with Crippen molar-refractivity contribution in [2.45, 2.75) is 13.0 Å². The SMILES string of the molecule is CC1=C(C(=O)Nc2ccccc2Cl)C(c2ccccc2)n2c(nc3ccccc32)N1. The van der Waals surface area contributed by atoms with Gasteiger partial charge in [0.15, 0.2) is 0 Å². The summed E-state index contributed by atoms with van der Waals surface area (Å²) < 4.78 is 2.08. The van der Waals surface area contributed by atoms with E-state index in [0.717, 1.165) is 28.2 Å². The fourth-order valence-corrected chi connectivity index (χ4v) is 4.14. The number of halogens is 1. The molecule has 0 aliphatic carbocycles. The van der Waals surface area contributed by atoms with E-state index in [4.69, 9.17) is 16.6 Å². The molecule has 4 aromatic rings. The highest BCUT2D eigenvalue weighted by atomic mass is 35.5. The summed E-state index contributed by atoms with van der Waals surface area (Å²) in [6, 6.07) is 24.8. The summed E-state index contributed by atoms with van der Waals surface area (Å²) >= 11 is 6.28. The molecule has 5 nitrogen and oxygen atoms in total. The number of fused-ring (bicyclic) bond motifs is 3. The third-order valence-corrected chi connectivity index (χ3v) is 5.64. The largest absolute Gasteiger partial charge is 0.329 e. The summed E-state index contributed by atoms with van der Waals surface area (Å²) in [4.78, 5) is 18.2. The van der Waals surface area contributed by atoms with Gasteiger partial charge in [0.1, 0.15) is 0 Å². The zero-order valence-corrected chi connectivity index (χ0v) is 17.0. The van der Waals surface area contributed by atoms with Crippen molar-refractivity contribution in [2.24, 2.45) is 0 Å². The standard InChI is InChI=1S/C24H19ClN4O/c1-15-21(23(30)27-18-12-6-5-11-17(18)25)22(16-9-3-2-4-10-16)29-20-14-8-7-13-19(20)28-24(29)26-15/h2-14,22H,1H3,(H,26,28)(H,27,30). The summed E-state index contributed by atoms with van der Waals surface area (Å²) in [5, 5.41) is 6.79. The zero-order chi connectivity index (χ0) is 20.7. The van der Waals surface area contributed by atoms with Gasteiger partial charge in [-0.15, -0.1) is 0 Å². The summed E-state index contributed by atoms with van der Waals surface area (Å²) in [7, 11) is 0. The van der Waals surface area contributed by atoms with E-state index in [1.807, 2.05) is 73.7 Å². The van der Waals surface area contributed by atoms with Gasteiger partial charge in [-0.05, 0) is 36.8 Å². The molecule has 2 heterocycles. The van der Waals surface area contributed by atoms with E-state index in [0.29, 0.717) is 16.3 Å². The predicted molar refractivity (Wildman–Crippen MR) is 121 cm³/mol. The van der Waals surface area contributed by atoms with E-state index in [9.17, 15) is 4.79 Å². The lowest BCUT2D eigenvalue weighted by Crippen LogP contribution is -2.31. The van der Waals surface area contributed by atoms with Crippen molar-refractivity contribution >= 4 is 40.2 Å². The van der Waals surface area contributed by atoms with Gasteiger partial charge in [-0.1, -0.05) is 66.2 Å². The molecule has 0 radical (unpaired) electrons. The number of allylic oxidation sites excluding steroid dienone is 1. The Balaban J connectivity index is 1.67. The van der Waals surface area contributed by atoms with Gasteiger partial charge >= 0.3 is 0 Å². The maximum atomic E-state index is 13.5. The molecule has 5 rings (SSSR count). The lowest BCUT2D eigenvalue weighted by atomic mass is 9.94. The Kier molecular flexibility index (Phi) is 4.52. The molecule has 2 N–H and O–H groups in total. The van der Waals surface area contributed by atoms with E-state index in [-0.39, 0.29) is 11.9 Å². The topological polar surface area (TPSA) is 59.0 Å². The van der Waals surface area contributed by atoms with E-state index < -0.39 is 0 Å². The van der Waals surface area contributed by atoms with Gasteiger partial charge in [-0.3, -0.25) is 9.36 Å². The van der Waals surface area contributed by atoms with Gasteiger partial charge in [-0.25, -0.2) is 4.98 Å². The highest BCUT2D eigenvalue weighted by Crippen LogP contribution is 2.39. The molecule has 0 spiro atoms. The third kappa shape index (κ3) is 3.04. The highest BCUT2D eigenvalue weighted by Gasteiger charge is 2.34. The quantitative estimate of drug-likeness (QED) is 0.457. The Labute approximate surface area is 179 Å². The fraction of sp³-hybridized carbons (Fsp3) is 0.0833. The molecule has 0 saturated heterocycles. The minimum Gasteiger partial charge on any atom is -0.329 e. The van der Waals surface area contributed by atoms with Crippen LogP contribution in [0.2, 0.25) is 5.02 Å². The number of carbonyl (C=O) groups excluding carboxylic acids is 1. The molecule has 0 saturated carbocycles. The lowest BCUT2D eigenvalue weighted by Gasteiger charge is -2.30. The van der Waals surface area contributed by atoms with Gasteiger partial charge in [0, 0.05) is 5.70 Å². The Morgan fingerprint density at radius 1 is 1.00 bits per heavy atom. The molecule has 3 aromatic carbocycles. The van der Waals surface area contributed by atoms with Crippen molar-refractivity contribution in [1.82, 2.24) is 9.55 Å². The molecule has 6 heteroatoms. The van der Waals surface area contributed by atoms with Gasteiger partial charge in [0.2, 0.25) is 5.95 Å². The first-order chi connectivity index (χ1) is 14.6. The fourth-order valence-electron chi connectivity index (χ4n) is 3.96. The molecule has 1 atom stereocenters. The van der Waals surface area contributed by atoms with Crippen molar-refractivity contribution in [2.75, 3.05) is 10.6 Å². The average Bonchev–Trinajstić information content (AvgIpc) is 3.12. The number of imidazole rings is 1. The number of rotatable bonds is 3. The van der Waals surface area contributed by atoms with Crippen LogP contribution >= 0.6 is 11.6 Å². The number of carbonyl (C=O) groups is 1. The second-order valence-corrected chi connectivity index (χ2v) is 7.61. The van der Waals surface area contributed by atoms with Crippen molar-refractivity contribution in [3.8, 4) is 0 Å². The van der Waals surface area contributed by atoms with Crippen LogP contribution in [-0.4, -0.2) is 15.5 Å². The van der Waals surface area contributed by atoms with Gasteiger partial charge in [-0.2, -0.15) is 0 Å². The molecule has 148 valence electrons. The monoisotopic (exact) mass is 414 g/mol. The minimum atomic E-state index is -0.322. The molecule has 1 unspecified atom stereocenters. The van der Waals surface area contributed by atoms with E-state index in [2.05, 4.69) is 15.2 Å². The molecule has 1 aromatic heterocycles. The van der Waals surface area contributed by atoms with Crippen LogP contribution in [0.4, 0.5) is 11.6 Å². The van der Waals surface area contributed by atoms with Gasteiger partial charge in [0.25, 0.3) is 5.91 Å². The Morgan fingerprint density at radius 2 is 1.70 bits per heavy atom. The van der Waals surface area contributed by atoms with Crippen molar-refractivity contribution in [3.05, 3.63) is 101 Å². The first-order valence-corrected chi connectivity index (χ1v) is 10.1. The predicted octanol–water partition coefficient (Wildman–Crippen LogP) is 5.62. The number of amides is 1. The first-order valence-electron chi connectivity index (χ1n) is 9.69. The minimum absolute atomic E-state index is 0.203. The van der Waals surface area contributed by atoms with Crippen LogP contribution in [-0.2, 0) is 4.79 Å². The first kappa shape index (κ1) is 18.5. The number of benzene rings is 3. The van der Waals surface area contributed by atoms with Crippen molar-refractivity contribution < 1.29 is 4.79 Å². The Bertz CT molecular complexity index is 1290. The Hall–Kier alpha value is -3.57. The van der Waals surface area contributed by atoms with Crippen LogP contribution in [0.1, 0.15) is 18.5 Å². The zero-order valence-electron chi connectivity index (χ0n) is 16.3. The van der Waals surface area contributed by atoms with Gasteiger partial charge in [0.05, 0.1) is 33.4 Å². The number of para-hydroxylation sites is 3. The molecule has 1 amide bonds. The summed E-state index contributed by atoms with van der Waals surface area (Å²) in [5.74, 6) is 0.516. The average molecular weight is 415 g/mol. The number of nitrogens with one attached hydrogen (secondary N) is 2. The summed E-state index contributed by atoms with van der Waals surface area (Å²) in [6.07, 6.45) is 0. The molecular formula is C24H19ClN4O. The summed E-state index contributed by atoms with van der Waals surface area (Å²) in [5.41, 5.74) is 4.81. The number of anilines is 2. The molecule has 0 fully saturated rings. The van der Waals surface area contributed by atoms with Crippen molar-refractivity contribution in [1.29, 1.82) is 0 Å². The van der Waals surface area contributed by atoms with Crippen LogP contribution in [0.25, 0.3) is 11.0 Å². The second kappa shape index (κ2) is 7.35. The Morgan fingerprint density at radius 3 is 2.50 bits per heavy atom.